The van der Waals surface area contributed by atoms with Crippen LogP contribution in [0.25, 0.3) is 0 Å². The molecule has 1 aromatic carbocycles. The number of benzene rings is 1. The lowest BCUT2D eigenvalue weighted by atomic mass is 9.96. The molecule has 0 aliphatic rings. The van der Waals surface area contributed by atoms with Gasteiger partial charge in [0.1, 0.15) is 6.79 Å². The number of halogens is 3. The molecule has 0 unspecified atom stereocenters. The van der Waals surface area contributed by atoms with Crippen LogP contribution in [0, 0.1) is 12.8 Å². The van der Waals surface area contributed by atoms with Crippen LogP contribution in [0.2, 0.25) is 0 Å². The molecule has 0 heterocycles. The van der Waals surface area contributed by atoms with E-state index in [0.29, 0.717) is 11.5 Å². The van der Waals surface area contributed by atoms with Crippen molar-refractivity contribution in [1.82, 2.24) is 5.32 Å². The van der Waals surface area contributed by atoms with Crippen molar-refractivity contribution in [3.8, 4) is 0 Å². The highest BCUT2D eigenvalue weighted by Crippen LogP contribution is 2.30. The van der Waals surface area contributed by atoms with E-state index in [1.54, 1.807) is 13.0 Å². The SMILES string of the molecule is C=O.CNC[C@@H](C)Cc1ccc(C(F)(F)F)cc1C. The van der Waals surface area contributed by atoms with E-state index in [-0.39, 0.29) is 0 Å². The summed E-state index contributed by atoms with van der Waals surface area (Å²) in [5.41, 5.74) is 1.13. The molecule has 1 rings (SSSR count). The zero-order valence-electron chi connectivity index (χ0n) is 11.5. The number of aryl methyl sites for hydroxylation is 1. The van der Waals surface area contributed by atoms with Crippen molar-refractivity contribution in [1.29, 1.82) is 0 Å². The Hall–Kier alpha value is -1.36. The van der Waals surface area contributed by atoms with Gasteiger partial charge < -0.3 is 10.1 Å². The fourth-order valence-electron chi connectivity index (χ4n) is 1.90. The van der Waals surface area contributed by atoms with E-state index in [0.717, 1.165) is 24.6 Å². The Balaban J connectivity index is 0.00000154. The number of nitrogens with one attached hydrogen (secondary N) is 1. The lowest BCUT2D eigenvalue weighted by Crippen LogP contribution is -2.18. The maximum absolute atomic E-state index is 12.5. The molecule has 1 atom stereocenters. The van der Waals surface area contributed by atoms with Crippen molar-refractivity contribution in [3.05, 3.63) is 34.9 Å². The van der Waals surface area contributed by atoms with Gasteiger partial charge in [0.2, 0.25) is 0 Å². The van der Waals surface area contributed by atoms with Crippen LogP contribution in [-0.4, -0.2) is 20.4 Å². The van der Waals surface area contributed by atoms with Gasteiger partial charge in [-0.15, -0.1) is 0 Å². The first-order valence-corrected chi connectivity index (χ1v) is 5.94. The van der Waals surface area contributed by atoms with Gasteiger partial charge in [-0.1, -0.05) is 13.0 Å². The van der Waals surface area contributed by atoms with Crippen LogP contribution in [0.3, 0.4) is 0 Å². The molecule has 0 aliphatic heterocycles. The molecule has 108 valence electrons. The van der Waals surface area contributed by atoms with Gasteiger partial charge in [-0.05, 0) is 56.1 Å². The molecular formula is C14H20F3NO. The maximum Gasteiger partial charge on any atom is 0.416 e. The van der Waals surface area contributed by atoms with Crippen LogP contribution >= 0.6 is 0 Å². The summed E-state index contributed by atoms with van der Waals surface area (Å²) < 4.78 is 37.4. The molecule has 0 aliphatic carbocycles. The Bertz CT molecular complexity index is 391. The molecule has 0 bridgehead atoms. The van der Waals surface area contributed by atoms with Crippen LogP contribution in [0.5, 0.6) is 0 Å². The standard InChI is InChI=1S/C13H18F3N.CH2O/c1-9(8-17-3)6-11-4-5-12(7-10(11)2)13(14,15)16;1-2/h4-5,7,9,17H,6,8H2,1-3H3;1H2/t9-;/m0./s1. The van der Waals surface area contributed by atoms with E-state index in [4.69, 9.17) is 4.79 Å². The van der Waals surface area contributed by atoms with Gasteiger partial charge in [0.25, 0.3) is 0 Å². The summed E-state index contributed by atoms with van der Waals surface area (Å²) in [6.07, 6.45) is -3.45. The molecule has 0 saturated heterocycles. The Morgan fingerprint density at radius 3 is 2.32 bits per heavy atom. The van der Waals surface area contributed by atoms with Gasteiger partial charge in [0.05, 0.1) is 5.56 Å². The molecule has 0 radical (unpaired) electrons. The number of carbonyl (C=O) groups excluding carboxylic acids is 1. The molecular weight excluding hydrogens is 255 g/mol. The minimum Gasteiger partial charge on any atom is -0.319 e. The lowest BCUT2D eigenvalue weighted by molar-refractivity contribution is -0.137. The quantitative estimate of drug-likeness (QED) is 0.914. The summed E-state index contributed by atoms with van der Waals surface area (Å²) in [6.45, 7) is 6.67. The summed E-state index contributed by atoms with van der Waals surface area (Å²) in [5.74, 6) is 0.412. The van der Waals surface area contributed by atoms with Crippen molar-refractivity contribution in [3.63, 3.8) is 0 Å². The molecule has 2 nitrogen and oxygen atoms in total. The van der Waals surface area contributed by atoms with Crippen molar-refractivity contribution in [2.24, 2.45) is 5.92 Å². The average molecular weight is 275 g/mol. The number of hydrogen-bond donors (Lipinski definition) is 1. The zero-order valence-corrected chi connectivity index (χ0v) is 11.5. The van der Waals surface area contributed by atoms with Gasteiger partial charge in [0, 0.05) is 0 Å². The zero-order chi connectivity index (χ0) is 15.1. The Labute approximate surface area is 112 Å². The Kier molecular flexibility index (Phi) is 7.37. The minimum atomic E-state index is -4.25. The van der Waals surface area contributed by atoms with Gasteiger partial charge in [-0.3, -0.25) is 0 Å². The first-order valence-electron chi connectivity index (χ1n) is 5.94. The number of alkyl halides is 3. The monoisotopic (exact) mass is 275 g/mol. The Morgan fingerprint density at radius 2 is 1.89 bits per heavy atom. The number of carbonyl (C=O) groups is 1. The highest BCUT2D eigenvalue weighted by Gasteiger charge is 2.30. The van der Waals surface area contributed by atoms with Gasteiger partial charge in [0.15, 0.2) is 0 Å². The van der Waals surface area contributed by atoms with Crippen LogP contribution in [0.15, 0.2) is 18.2 Å². The average Bonchev–Trinajstić information content (AvgIpc) is 2.33. The van der Waals surface area contributed by atoms with E-state index in [9.17, 15) is 13.2 Å². The summed E-state index contributed by atoms with van der Waals surface area (Å²) >= 11 is 0. The summed E-state index contributed by atoms with van der Waals surface area (Å²) in [6, 6.07) is 3.97. The van der Waals surface area contributed by atoms with Gasteiger partial charge in [-0.25, -0.2) is 0 Å². The second kappa shape index (κ2) is 7.94. The van der Waals surface area contributed by atoms with Crippen molar-refractivity contribution in [2.45, 2.75) is 26.4 Å². The first-order chi connectivity index (χ1) is 8.84. The van der Waals surface area contributed by atoms with E-state index >= 15 is 0 Å². The summed E-state index contributed by atoms with van der Waals surface area (Å²) in [7, 11) is 1.87. The van der Waals surface area contributed by atoms with Crippen molar-refractivity contribution in [2.75, 3.05) is 13.6 Å². The molecule has 0 fully saturated rings. The highest BCUT2D eigenvalue weighted by molar-refractivity contribution is 5.32. The lowest BCUT2D eigenvalue weighted by Gasteiger charge is -2.14. The molecule has 5 heteroatoms. The third-order valence-electron chi connectivity index (χ3n) is 2.79. The highest BCUT2D eigenvalue weighted by atomic mass is 19.4. The van der Waals surface area contributed by atoms with Crippen LogP contribution < -0.4 is 5.32 Å². The second-order valence-corrected chi connectivity index (χ2v) is 4.51. The largest absolute Gasteiger partial charge is 0.416 e. The van der Waals surface area contributed by atoms with Gasteiger partial charge in [-0.2, -0.15) is 13.2 Å². The predicted molar refractivity (Wildman–Crippen MR) is 70.1 cm³/mol. The van der Waals surface area contributed by atoms with Crippen LogP contribution in [-0.2, 0) is 17.4 Å². The topological polar surface area (TPSA) is 29.1 Å². The Morgan fingerprint density at radius 1 is 1.32 bits per heavy atom. The summed E-state index contributed by atoms with van der Waals surface area (Å²) in [4.78, 5) is 8.00. The first kappa shape index (κ1) is 17.6. The second-order valence-electron chi connectivity index (χ2n) is 4.51. The van der Waals surface area contributed by atoms with Crippen LogP contribution in [0.1, 0.15) is 23.6 Å². The normalized spacial score (nSPS) is 12.5. The van der Waals surface area contributed by atoms with Gasteiger partial charge >= 0.3 is 6.18 Å². The molecule has 1 aromatic rings. The third-order valence-corrected chi connectivity index (χ3v) is 2.79. The fraction of sp³-hybridized carbons (Fsp3) is 0.500. The minimum absolute atomic E-state index is 0.412. The molecule has 1 N–H and O–H groups in total. The molecule has 0 saturated carbocycles. The number of rotatable bonds is 4. The molecule has 0 aromatic heterocycles. The van der Waals surface area contributed by atoms with Crippen molar-refractivity contribution >= 4 is 6.79 Å². The molecule has 19 heavy (non-hydrogen) atoms. The van der Waals surface area contributed by atoms with E-state index < -0.39 is 11.7 Å². The predicted octanol–water partition coefficient (Wildman–Crippen LogP) is 3.23. The summed E-state index contributed by atoms with van der Waals surface area (Å²) in [5, 5.41) is 3.06. The maximum atomic E-state index is 12.5. The smallest absolute Gasteiger partial charge is 0.319 e. The van der Waals surface area contributed by atoms with E-state index in [2.05, 4.69) is 12.2 Å². The van der Waals surface area contributed by atoms with E-state index in [1.807, 2.05) is 13.8 Å². The van der Waals surface area contributed by atoms with Crippen LogP contribution in [0.4, 0.5) is 13.2 Å². The third kappa shape index (κ3) is 5.87. The molecule has 0 spiro atoms. The van der Waals surface area contributed by atoms with E-state index in [1.165, 1.54) is 6.07 Å². The van der Waals surface area contributed by atoms with Crippen molar-refractivity contribution < 1.29 is 18.0 Å². The fourth-order valence-corrected chi connectivity index (χ4v) is 1.90. The molecule has 0 amide bonds. The number of hydrogen-bond acceptors (Lipinski definition) is 2.